The monoisotopic (exact) mass is 302 g/mol. The number of hydrogen-bond donors (Lipinski definition) is 5. The number of carboxylic acids is 1. The van der Waals surface area contributed by atoms with Gasteiger partial charge in [-0.05, 0) is 12.8 Å². The minimum absolute atomic E-state index is 0.178. The van der Waals surface area contributed by atoms with Crippen LogP contribution in [0.25, 0.3) is 0 Å². The van der Waals surface area contributed by atoms with Crippen molar-refractivity contribution in [3.63, 3.8) is 0 Å². The molecule has 0 saturated carbocycles. The maximum Gasteiger partial charge on any atom is 0.300 e. The minimum Gasteiger partial charge on any atom is -0.481 e. The van der Waals surface area contributed by atoms with Gasteiger partial charge in [-0.15, -0.1) is 0 Å². The first kappa shape index (κ1) is 20.4. The molecule has 0 fully saturated rings. The smallest absolute Gasteiger partial charge is 0.300 e. The zero-order valence-electron chi connectivity index (χ0n) is 11.8. The highest BCUT2D eigenvalue weighted by molar-refractivity contribution is 8.13. The highest BCUT2D eigenvalue weighted by Crippen LogP contribution is 2.04. The molecule has 8 nitrogen and oxygen atoms in total. The number of guanidine groups is 1. The molecule has 0 saturated heterocycles. The molecule has 20 heavy (non-hydrogen) atoms. The van der Waals surface area contributed by atoms with Gasteiger partial charge < -0.3 is 16.2 Å². The van der Waals surface area contributed by atoms with Gasteiger partial charge in [0.1, 0.15) is 0 Å². The van der Waals surface area contributed by atoms with Crippen molar-refractivity contribution < 1.29 is 9.90 Å². The van der Waals surface area contributed by atoms with Crippen LogP contribution >= 0.6 is 11.8 Å². The SMILES string of the molecule is C/N=C(/NC#N)NCCCCCSC(=N)N.CC(=O)O. The van der Waals surface area contributed by atoms with E-state index >= 15 is 0 Å². The van der Waals surface area contributed by atoms with Crippen LogP contribution < -0.4 is 16.4 Å². The second-order valence-corrected chi connectivity index (χ2v) is 4.66. The Morgan fingerprint density at radius 1 is 1.50 bits per heavy atom. The number of aliphatic carboxylic acids is 1. The molecule has 0 aliphatic carbocycles. The van der Waals surface area contributed by atoms with E-state index in [0.29, 0.717) is 5.96 Å². The van der Waals surface area contributed by atoms with Crippen LogP contribution in [0.4, 0.5) is 0 Å². The van der Waals surface area contributed by atoms with E-state index in [1.165, 1.54) is 11.8 Å². The fraction of sp³-hybridized carbons (Fsp3) is 0.636. The van der Waals surface area contributed by atoms with Gasteiger partial charge in [-0.25, -0.2) is 0 Å². The number of aliphatic imine (C=N–C) groups is 1. The number of hydrogen-bond acceptors (Lipinski definition) is 5. The molecule has 9 heteroatoms. The quantitative estimate of drug-likeness (QED) is 0.158. The molecule has 0 aromatic carbocycles. The largest absolute Gasteiger partial charge is 0.481 e. The van der Waals surface area contributed by atoms with Crippen LogP contribution in [0, 0.1) is 16.9 Å². The zero-order chi connectivity index (χ0) is 15.8. The normalized spacial score (nSPS) is 9.75. The number of nitriles is 1. The Labute approximate surface area is 123 Å². The fourth-order valence-electron chi connectivity index (χ4n) is 1.02. The van der Waals surface area contributed by atoms with Crippen LogP contribution in [0.15, 0.2) is 4.99 Å². The predicted molar refractivity (Wildman–Crippen MR) is 81.6 cm³/mol. The molecule has 6 N–H and O–H groups in total. The summed E-state index contributed by atoms with van der Waals surface area (Å²) >= 11 is 1.37. The Hall–Kier alpha value is -1.95. The average molecular weight is 302 g/mol. The van der Waals surface area contributed by atoms with E-state index in [9.17, 15) is 0 Å². The molecule has 0 aromatic rings. The molecule has 0 rings (SSSR count). The van der Waals surface area contributed by atoms with Crippen molar-refractivity contribution in [2.75, 3.05) is 19.3 Å². The lowest BCUT2D eigenvalue weighted by atomic mass is 10.2. The maximum atomic E-state index is 9.00. The maximum absolute atomic E-state index is 9.00. The molecule has 0 aromatic heterocycles. The molecule has 0 radical (unpaired) electrons. The molecule has 0 heterocycles. The van der Waals surface area contributed by atoms with Gasteiger partial charge in [-0.1, -0.05) is 18.2 Å². The van der Waals surface area contributed by atoms with Crippen LogP contribution in [0.2, 0.25) is 0 Å². The molecule has 0 bridgehead atoms. The molecular formula is C11H22N6O2S. The van der Waals surface area contributed by atoms with Gasteiger partial charge in [0, 0.05) is 26.3 Å². The highest BCUT2D eigenvalue weighted by atomic mass is 32.2. The number of carboxylic acid groups (broad SMARTS) is 1. The van der Waals surface area contributed by atoms with Gasteiger partial charge in [-0.2, -0.15) is 5.26 Å². The van der Waals surface area contributed by atoms with E-state index in [4.69, 9.17) is 26.3 Å². The summed E-state index contributed by atoms with van der Waals surface area (Å²) in [4.78, 5) is 12.9. The summed E-state index contributed by atoms with van der Waals surface area (Å²) in [6, 6.07) is 0. The van der Waals surface area contributed by atoms with Gasteiger partial charge in [0.25, 0.3) is 5.97 Å². The van der Waals surface area contributed by atoms with E-state index in [2.05, 4.69) is 15.6 Å². The zero-order valence-corrected chi connectivity index (χ0v) is 12.6. The Balaban J connectivity index is 0. The standard InChI is InChI=1S/C9H18N6S.C2H4O2/c1-13-9(15-7-10)14-5-3-2-4-6-16-8(11)12;1-2(3)4/h2-6H2,1H3,(H3,11,12)(H2,13,14,15);1H3,(H,3,4). The first-order chi connectivity index (χ1) is 9.43. The van der Waals surface area contributed by atoms with Crippen molar-refractivity contribution in [3.8, 4) is 6.19 Å². The topological polar surface area (TPSA) is 147 Å². The van der Waals surface area contributed by atoms with E-state index in [1.807, 2.05) is 6.19 Å². The molecule has 114 valence electrons. The molecule has 0 atom stereocenters. The molecule has 0 aliphatic rings. The second-order valence-electron chi connectivity index (χ2n) is 3.53. The van der Waals surface area contributed by atoms with Crippen molar-refractivity contribution >= 4 is 28.9 Å². The summed E-state index contributed by atoms with van der Waals surface area (Å²) in [6.07, 6.45) is 4.92. The highest BCUT2D eigenvalue weighted by Gasteiger charge is 1.95. The Morgan fingerprint density at radius 2 is 2.10 bits per heavy atom. The predicted octanol–water partition coefficient (Wildman–Crippen LogP) is 0.520. The van der Waals surface area contributed by atoms with Gasteiger partial charge in [0.15, 0.2) is 11.4 Å². The lowest BCUT2D eigenvalue weighted by molar-refractivity contribution is -0.134. The number of rotatable bonds is 6. The summed E-state index contributed by atoms with van der Waals surface area (Å²) < 4.78 is 0. The van der Waals surface area contributed by atoms with E-state index in [1.54, 1.807) is 7.05 Å². The number of nitrogens with zero attached hydrogens (tertiary/aromatic N) is 2. The van der Waals surface area contributed by atoms with E-state index < -0.39 is 5.97 Å². The number of nitrogens with two attached hydrogens (primary N) is 1. The van der Waals surface area contributed by atoms with Crippen LogP contribution in [0.3, 0.4) is 0 Å². The van der Waals surface area contributed by atoms with E-state index in [0.717, 1.165) is 38.5 Å². The van der Waals surface area contributed by atoms with Crippen molar-refractivity contribution in [2.24, 2.45) is 10.7 Å². The minimum atomic E-state index is -0.833. The third-order valence-electron chi connectivity index (χ3n) is 1.77. The van der Waals surface area contributed by atoms with Crippen LogP contribution in [-0.4, -0.2) is 41.5 Å². The average Bonchev–Trinajstić information content (AvgIpc) is 2.35. The van der Waals surface area contributed by atoms with Gasteiger partial charge >= 0.3 is 0 Å². The van der Waals surface area contributed by atoms with Gasteiger partial charge in [0.05, 0.1) is 0 Å². The van der Waals surface area contributed by atoms with Crippen LogP contribution in [0.5, 0.6) is 0 Å². The summed E-state index contributed by atoms with van der Waals surface area (Å²) in [7, 11) is 1.62. The van der Waals surface area contributed by atoms with Crippen molar-refractivity contribution in [1.82, 2.24) is 10.6 Å². The first-order valence-corrected chi connectivity index (χ1v) is 6.94. The molecular weight excluding hydrogens is 280 g/mol. The van der Waals surface area contributed by atoms with Crippen LogP contribution in [0.1, 0.15) is 26.2 Å². The second kappa shape index (κ2) is 15.1. The number of carbonyl (C=O) groups is 1. The van der Waals surface area contributed by atoms with Gasteiger partial charge in [-0.3, -0.25) is 20.5 Å². The van der Waals surface area contributed by atoms with Crippen molar-refractivity contribution in [3.05, 3.63) is 0 Å². The lowest BCUT2D eigenvalue weighted by Gasteiger charge is -2.06. The Morgan fingerprint density at radius 3 is 2.55 bits per heavy atom. The van der Waals surface area contributed by atoms with Crippen LogP contribution in [-0.2, 0) is 4.79 Å². The fourth-order valence-corrected chi connectivity index (χ4v) is 1.59. The number of amidine groups is 1. The number of thioether (sulfide) groups is 1. The third kappa shape index (κ3) is 21.3. The van der Waals surface area contributed by atoms with Gasteiger partial charge in [0.2, 0.25) is 5.96 Å². The number of nitrogens with one attached hydrogen (secondary N) is 3. The number of unbranched alkanes of at least 4 members (excludes halogenated alkanes) is 2. The summed E-state index contributed by atoms with van der Waals surface area (Å²) in [5.74, 6) is 0.557. The van der Waals surface area contributed by atoms with E-state index in [-0.39, 0.29) is 5.17 Å². The Bertz CT molecular complexity index is 349. The summed E-state index contributed by atoms with van der Waals surface area (Å²) in [6.45, 7) is 1.87. The third-order valence-corrected chi connectivity index (χ3v) is 2.57. The molecule has 0 aliphatic heterocycles. The molecule has 0 spiro atoms. The summed E-state index contributed by atoms with van der Waals surface area (Å²) in [5, 5.41) is 28.4. The van der Waals surface area contributed by atoms with Crippen molar-refractivity contribution in [1.29, 1.82) is 10.7 Å². The Kier molecular flexibility index (Phi) is 15.4. The lowest BCUT2D eigenvalue weighted by Crippen LogP contribution is -2.34. The van der Waals surface area contributed by atoms with Crippen molar-refractivity contribution in [2.45, 2.75) is 26.2 Å². The molecule has 0 amide bonds. The summed E-state index contributed by atoms with van der Waals surface area (Å²) in [5.41, 5.74) is 5.20. The first-order valence-electron chi connectivity index (χ1n) is 5.96. The molecule has 0 unspecified atom stereocenters.